The molecule has 0 saturated heterocycles. The third-order valence-electron chi connectivity index (χ3n) is 0.699. The number of aliphatic hydroxyl groups excluding tert-OH is 2. The molecule has 0 aliphatic carbocycles. The van der Waals surface area contributed by atoms with E-state index in [1.54, 1.807) is 0 Å². The van der Waals surface area contributed by atoms with Gasteiger partial charge in [0.15, 0.2) is 0 Å². The summed E-state index contributed by atoms with van der Waals surface area (Å²) in [6.45, 7) is 2.33. The SMILES string of the molecule is CC(O)C(=O)O.CC(O)C(=O)[O-].N.[Na+]. The van der Waals surface area contributed by atoms with Crippen molar-refractivity contribution in [2.45, 2.75) is 26.1 Å². The zero-order valence-corrected chi connectivity index (χ0v) is 10.4. The van der Waals surface area contributed by atoms with E-state index < -0.39 is 24.1 Å². The summed E-state index contributed by atoms with van der Waals surface area (Å²) in [5.74, 6) is -2.62. The van der Waals surface area contributed by atoms with Crippen LogP contribution in [-0.4, -0.2) is 39.5 Å². The first-order chi connectivity index (χ1) is 5.29. The minimum atomic E-state index is -1.44. The van der Waals surface area contributed by atoms with E-state index in [-0.39, 0.29) is 35.7 Å². The van der Waals surface area contributed by atoms with E-state index in [1.807, 2.05) is 0 Å². The van der Waals surface area contributed by atoms with Crippen molar-refractivity contribution >= 4 is 11.9 Å². The smallest absolute Gasteiger partial charge is 0.547 e. The molecule has 0 amide bonds. The van der Waals surface area contributed by atoms with Gasteiger partial charge in [0.2, 0.25) is 0 Å². The molecule has 0 radical (unpaired) electrons. The third-order valence-corrected chi connectivity index (χ3v) is 0.699. The van der Waals surface area contributed by atoms with Crippen molar-refractivity contribution in [2.75, 3.05) is 0 Å². The van der Waals surface area contributed by atoms with Gasteiger partial charge in [0.05, 0.1) is 12.1 Å². The van der Waals surface area contributed by atoms with Crippen LogP contribution in [0.4, 0.5) is 0 Å². The number of carboxylic acid groups (broad SMARTS) is 2. The van der Waals surface area contributed by atoms with E-state index >= 15 is 0 Å². The normalized spacial score (nSPS) is 11.7. The molecule has 0 bridgehead atoms. The largest absolute Gasteiger partial charge is 1.00 e. The third kappa shape index (κ3) is 22.6. The predicted molar refractivity (Wildman–Crippen MR) is 41.0 cm³/mol. The summed E-state index contributed by atoms with van der Waals surface area (Å²) in [6.07, 6.45) is -2.57. The average Bonchev–Trinajstić information content (AvgIpc) is 1.88. The molecular weight excluding hydrogens is 205 g/mol. The van der Waals surface area contributed by atoms with Gasteiger partial charge in [-0.05, 0) is 13.8 Å². The van der Waals surface area contributed by atoms with E-state index in [0.29, 0.717) is 0 Å². The molecule has 80 valence electrons. The first-order valence-electron chi connectivity index (χ1n) is 3.08. The summed E-state index contributed by atoms with van der Waals surface area (Å²) in [5.41, 5.74) is 0. The Bertz CT molecular complexity index is 142. The van der Waals surface area contributed by atoms with Crippen LogP contribution in [0.3, 0.4) is 0 Å². The van der Waals surface area contributed by atoms with Gasteiger partial charge in [0.25, 0.3) is 0 Å². The molecule has 14 heavy (non-hydrogen) atoms. The Labute approximate surface area is 104 Å². The molecule has 8 heteroatoms. The number of aliphatic carboxylic acids is 2. The Morgan fingerprint density at radius 2 is 1.29 bits per heavy atom. The molecule has 2 unspecified atom stereocenters. The van der Waals surface area contributed by atoms with Crippen molar-refractivity contribution in [2.24, 2.45) is 0 Å². The molecule has 0 saturated carbocycles. The second kappa shape index (κ2) is 12.8. The van der Waals surface area contributed by atoms with Crippen molar-refractivity contribution < 1.29 is 59.6 Å². The van der Waals surface area contributed by atoms with E-state index in [4.69, 9.17) is 15.3 Å². The van der Waals surface area contributed by atoms with Gasteiger partial charge < -0.3 is 31.4 Å². The van der Waals surface area contributed by atoms with E-state index in [0.717, 1.165) is 6.92 Å². The Hall–Kier alpha value is -0.180. The molecule has 0 aliphatic heterocycles. The maximum absolute atomic E-state index is 9.45. The standard InChI is InChI=1S/2C3H6O3.H3N.Na/c2*1-2(4)3(5)6;;/h2*2,4H,1H3,(H,5,6);1H3;/q;;;+1/p-1. The monoisotopic (exact) mass is 219 g/mol. The number of carbonyl (C=O) groups excluding carboxylic acids is 1. The van der Waals surface area contributed by atoms with E-state index in [2.05, 4.69) is 0 Å². The summed E-state index contributed by atoms with van der Waals surface area (Å²) in [4.78, 5) is 18.8. The summed E-state index contributed by atoms with van der Waals surface area (Å²) in [7, 11) is 0. The number of hydrogen-bond acceptors (Lipinski definition) is 6. The van der Waals surface area contributed by atoms with Crippen molar-refractivity contribution in [3.8, 4) is 0 Å². The van der Waals surface area contributed by atoms with Gasteiger partial charge in [0.1, 0.15) is 6.10 Å². The summed E-state index contributed by atoms with van der Waals surface area (Å²) >= 11 is 0. The van der Waals surface area contributed by atoms with Crippen molar-refractivity contribution in [1.29, 1.82) is 0 Å². The zero-order chi connectivity index (χ0) is 10.3. The topological polar surface area (TPSA) is 153 Å². The van der Waals surface area contributed by atoms with E-state index in [1.165, 1.54) is 6.92 Å². The second-order valence-corrected chi connectivity index (χ2v) is 2.01. The Morgan fingerprint density at radius 3 is 1.29 bits per heavy atom. The fraction of sp³-hybridized carbons (Fsp3) is 0.667. The predicted octanol–water partition coefficient (Wildman–Crippen LogP) is -5.27. The van der Waals surface area contributed by atoms with Gasteiger partial charge in [-0.15, -0.1) is 0 Å². The molecule has 0 aromatic rings. The van der Waals surface area contributed by atoms with Crippen LogP contribution in [0.5, 0.6) is 0 Å². The van der Waals surface area contributed by atoms with Gasteiger partial charge in [-0.3, -0.25) is 0 Å². The van der Waals surface area contributed by atoms with Crippen molar-refractivity contribution in [3.63, 3.8) is 0 Å². The molecule has 0 aromatic heterocycles. The number of hydrogen-bond donors (Lipinski definition) is 4. The molecule has 0 fully saturated rings. The van der Waals surface area contributed by atoms with Crippen LogP contribution in [-0.2, 0) is 9.59 Å². The maximum Gasteiger partial charge on any atom is 1.00 e. The van der Waals surface area contributed by atoms with Crippen LogP contribution in [0.25, 0.3) is 0 Å². The number of aliphatic hydroxyl groups is 2. The van der Waals surface area contributed by atoms with Gasteiger partial charge in [-0.2, -0.15) is 0 Å². The number of rotatable bonds is 2. The van der Waals surface area contributed by atoms with E-state index in [9.17, 15) is 14.7 Å². The molecule has 7 nitrogen and oxygen atoms in total. The van der Waals surface area contributed by atoms with Crippen LogP contribution in [0.2, 0.25) is 0 Å². The molecule has 6 N–H and O–H groups in total. The van der Waals surface area contributed by atoms with Gasteiger partial charge in [0, 0.05) is 0 Å². The van der Waals surface area contributed by atoms with Gasteiger partial charge >= 0.3 is 35.5 Å². The first kappa shape index (κ1) is 23.6. The fourth-order valence-corrected chi connectivity index (χ4v) is 0. The summed E-state index contributed by atoms with van der Waals surface area (Å²) in [5, 5.41) is 33.1. The van der Waals surface area contributed by atoms with Crippen LogP contribution in [0.15, 0.2) is 0 Å². The molecule has 2 atom stereocenters. The molecular formula is C6H14NNaO6. The fourth-order valence-electron chi connectivity index (χ4n) is 0. The molecule has 0 spiro atoms. The minimum absolute atomic E-state index is 0. The van der Waals surface area contributed by atoms with Gasteiger partial charge in [-0.1, -0.05) is 0 Å². The summed E-state index contributed by atoms with van der Waals surface area (Å²) < 4.78 is 0. The average molecular weight is 219 g/mol. The second-order valence-electron chi connectivity index (χ2n) is 2.01. The van der Waals surface area contributed by atoms with Crippen LogP contribution < -0.4 is 40.8 Å². The zero-order valence-electron chi connectivity index (χ0n) is 8.43. The quantitative estimate of drug-likeness (QED) is 0.338. The van der Waals surface area contributed by atoms with Crippen LogP contribution in [0.1, 0.15) is 13.8 Å². The summed E-state index contributed by atoms with van der Waals surface area (Å²) in [6, 6.07) is 0. The molecule has 0 heterocycles. The number of carboxylic acids is 2. The number of carbonyl (C=O) groups is 2. The Balaban J connectivity index is -0.0000000625. The molecule has 0 aliphatic rings. The maximum atomic E-state index is 9.45. The minimum Gasteiger partial charge on any atom is -0.547 e. The molecule has 0 aromatic carbocycles. The Kier molecular flexibility index (Phi) is 21.6. The van der Waals surface area contributed by atoms with Gasteiger partial charge in [-0.25, -0.2) is 4.79 Å². The Morgan fingerprint density at radius 1 is 1.14 bits per heavy atom. The first-order valence-corrected chi connectivity index (χ1v) is 3.08. The molecule has 0 rings (SSSR count). The van der Waals surface area contributed by atoms with Crippen molar-refractivity contribution in [1.82, 2.24) is 6.15 Å². The van der Waals surface area contributed by atoms with Crippen LogP contribution >= 0.6 is 0 Å². The van der Waals surface area contributed by atoms with Crippen LogP contribution in [0, 0.1) is 0 Å². The van der Waals surface area contributed by atoms with Crippen molar-refractivity contribution in [3.05, 3.63) is 0 Å².